The number of anilines is 1. The molecular weight excluding hydrogens is 212 g/mol. The number of hydrogen-bond donors (Lipinski definition) is 1. The predicted octanol–water partition coefficient (Wildman–Crippen LogP) is 2.19. The van der Waals surface area contributed by atoms with E-state index < -0.39 is 0 Å². The van der Waals surface area contributed by atoms with E-state index in [0.29, 0.717) is 6.04 Å². The van der Waals surface area contributed by atoms with Crippen molar-refractivity contribution in [3.8, 4) is 0 Å². The minimum atomic E-state index is 0.395. The Bertz CT molecular complexity index is 311. The smallest absolute Gasteiger partial charge is 0.0666 e. The van der Waals surface area contributed by atoms with Crippen LogP contribution in [-0.2, 0) is 4.74 Å². The molecule has 0 saturated heterocycles. The molecule has 0 aliphatic carbocycles. The molecule has 0 saturated carbocycles. The van der Waals surface area contributed by atoms with E-state index in [0.717, 1.165) is 26.0 Å². The van der Waals surface area contributed by atoms with Crippen molar-refractivity contribution in [3.05, 3.63) is 29.8 Å². The van der Waals surface area contributed by atoms with E-state index in [-0.39, 0.29) is 0 Å². The summed E-state index contributed by atoms with van der Waals surface area (Å²) in [5.74, 6) is 0. The van der Waals surface area contributed by atoms with Crippen LogP contribution in [0.5, 0.6) is 0 Å². The van der Waals surface area contributed by atoms with Gasteiger partial charge in [-0.25, -0.2) is 0 Å². The number of likely N-dealkylation sites (N-methyl/N-ethyl adjacent to an activating group) is 1. The predicted molar refractivity (Wildman–Crippen MR) is 73.5 cm³/mol. The van der Waals surface area contributed by atoms with Gasteiger partial charge in [-0.2, -0.15) is 0 Å². The summed E-state index contributed by atoms with van der Waals surface area (Å²) in [7, 11) is 3.86. The van der Waals surface area contributed by atoms with Gasteiger partial charge in [0.2, 0.25) is 0 Å². The molecule has 17 heavy (non-hydrogen) atoms. The lowest BCUT2D eigenvalue weighted by molar-refractivity contribution is 0.174. The SMILES string of the molecule is COCC(CCCN)N(C)c1ccc(C)cc1. The van der Waals surface area contributed by atoms with Gasteiger partial charge in [0, 0.05) is 19.8 Å². The van der Waals surface area contributed by atoms with E-state index >= 15 is 0 Å². The lowest BCUT2D eigenvalue weighted by atomic mass is 10.1. The zero-order chi connectivity index (χ0) is 12.7. The normalized spacial score (nSPS) is 12.5. The van der Waals surface area contributed by atoms with Gasteiger partial charge in [0.25, 0.3) is 0 Å². The van der Waals surface area contributed by atoms with Gasteiger partial charge in [0.05, 0.1) is 12.6 Å². The first-order valence-corrected chi connectivity index (χ1v) is 6.17. The number of ether oxygens (including phenoxy) is 1. The Kier molecular flexibility index (Phi) is 6.01. The lowest BCUT2D eigenvalue weighted by Gasteiger charge is -2.29. The van der Waals surface area contributed by atoms with Crippen LogP contribution in [-0.4, -0.2) is 33.4 Å². The average Bonchev–Trinajstić information content (AvgIpc) is 2.34. The summed E-state index contributed by atoms with van der Waals surface area (Å²) in [5, 5.41) is 0. The molecule has 3 heteroatoms. The van der Waals surface area contributed by atoms with Crippen molar-refractivity contribution in [2.75, 3.05) is 32.2 Å². The van der Waals surface area contributed by atoms with Gasteiger partial charge < -0.3 is 15.4 Å². The van der Waals surface area contributed by atoms with E-state index in [2.05, 4.69) is 43.1 Å². The van der Waals surface area contributed by atoms with Crippen LogP contribution in [0.1, 0.15) is 18.4 Å². The fourth-order valence-electron chi connectivity index (χ4n) is 1.93. The Hall–Kier alpha value is -1.06. The number of aryl methyl sites for hydroxylation is 1. The number of nitrogens with two attached hydrogens (primary N) is 1. The molecular formula is C14H24N2O. The van der Waals surface area contributed by atoms with Crippen LogP contribution in [0.15, 0.2) is 24.3 Å². The zero-order valence-electron chi connectivity index (χ0n) is 11.1. The van der Waals surface area contributed by atoms with Gasteiger partial charge in [-0.1, -0.05) is 17.7 Å². The molecule has 2 N–H and O–H groups in total. The Labute approximate surface area is 105 Å². The zero-order valence-corrected chi connectivity index (χ0v) is 11.1. The summed E-state index contributed by atoms with van der Waals surface area (Å²) in [5.41, 5.74) is 8.09. The summed E-state index contributed by atoms with van der Waals surface area (Å²) in [6.07, 6.45) is 2.10. The second-order valence-corrected chi connectivity index (χ2v) is 4.49. The average molecular weight is 236 g/mol. The molecule has 0 aliphatic rings. The molecule has 1 aromatic carbocycles. The Morgan fingerprint density at radius 1 is 1.29 bits per heavy atom. The molecule has 1 rings (SSSR count). The van der Waals surface area contributed by atoms with Crippen LogP contribution in [0, 0.1) is 6.92 Å². The van der Waals surface area contributed by atoms with E-state index in [1.54, 1.807) is 7.11 Å². The Balaban J connectivity index is 2.68. The van der Waals surface area contributed by atoms with Crippen LogP contribution in [0.2, 0.25) is 0 Å². The van der Waals surface area contributed by atoms with E-state index in [4.69, 9.17) is 10.5 Å². The van der Waals surface area contributed by atoms with Gasteiger partial charge in [-0.3, -0.25) is 0 Å². The van der Waals surface area contributed by atoms with Crippen molar-refractivity contribution in [1.82, 2.24) is 0 Å². The molecule has 0 aromatic heterocycles. The second-order valence-electron chi connectivity index (χ2n) is 4.49. The lowest BCUT2D eigenvalue weighted by Crippen LogP contribution is -2.35. The topological polar surface area (TPSA) is 38.5 Å². The number of methoxy groups -OCH3 is 1. The highest BCUT2D eigenvalue weighted by Gasteiger charge is 2.14. The third kappa shape index (κ3) is 4.36. The highest BCUT2D eigenvalue weighted by molar-refractivity contribution is 5.47. The third-order valence-corrected chi connectivity index (χ3v) is 3.09. The van der Waals surface area contributed by atoms with Crippen molar-refractivity contribution in [2.45, 2.75) is 25.8 Å². The maximum atomic E-state index is 5.57. The minimum absolute atomic E-state index is 0.395. The maximum absolute atomic E-state index is 5.57. The summed E-state index contributed by atoms with van der Waals surface area (Å²) in [6, 6.07) is 8.98. The first-order valence-electron chi connectivity index (χ1n) is 6.17. The minimum Gasteiger partial charge on any atom is -0.383 e. The quantitative estimate of drug-likeness (QED) is 0.788. The molecule has 0 heterocycles. The molecule has 96 valence electrons. The Morgan fingerprint density at radius 3 is 2.47 bits per heavy atom. The van der Waals surface area contributed by atoms with Gasteiger partial charge >= 0.3 is 0 Å². The number of benzene rings is 1. The van der Waals surface area contributed by atoms with Gasteiger partial charge in [-0.15, -0.1) is 0 Å². The van der Waals surface area contributed by atoms with Crippen molar-refractivity contribution in [3.63, 3.8) is 0 Å². The van der Waals surface area contributed by atoms with E-state index in [1.165, 1.54) is 11.3 Å². The third-order valence-electron chi connectivity index (χ3n) is 3.09. The number of nitrogens with zero attached hydrogens (tertiary/aromatic N) is 1. The summed E-state index contributed by atoms with van der Waals surface area (Å²) in [4.78, 5) is 2.28. The molecule has 0 spiro atoms. The molecule has 0 amide bonds. The van der Waals surface area contributed by atoms with Crippen LogP contribution in [0.25, 0.3) is 0 Å². The molecule has 1 atom stereocenters. The molecule has 1 aromatic rings. The van der Waals surface area contributed by atoms with Crippen molar-refractivity contribution >= 4 is 5.69 Å². The molecule has 0 aliphatic heterocycles. The first kappa shape index (κ1) is 14.0. The largest absolute Gasteiger partial charge is 0.383 e. The summed E-state index contributed by atoms with van der Waals surface area (Å²) < 4.78 is 5.28. The van der Waals surface area contributed by atoms with Crippen molar-refractivity contribution in [2.24, 2.45) is 5.73 Å². The fourth-order valence-corrected chi connectivity index (χ4v) is 1.93. The van der Waals surface area contributed by atoms with E-state index in [1.807, 2.05) is 0 Å². The fraction of sp³-hybridized carbons (Fsp3) is 0.571. The Morgan fingerprint density at radius 2 is 1.94 bits per heavy atom. The first-order chi connectivity index (χ1) is 8.19. The standard InChI is InChI=1S/C14H24N2O/c1-12-6-8-13(9-7-12)16(2)14(11-17-3)5-4-10-15/h6-9,14H,4-5,10-11,15H2,1-3H3. The monoisotopic (exact) mass is 236 g/mol. The van der Waals surface area contributed by atoms with Crippen LogP contribution >= 0.6 is 0 Å². The molecule has 1 unspecified atom stereocenters. The van der Waals surface area contributed by atoms with Gasteiger partial charge in [-0.05, 0) is 38.4 Å². The highest BCUT2D eigenvalue weighted by Crippen LogP contribution is 2.18. The van der Waals surface area contributed by atoms with Crippen molar-refractivity contribution < 1.29 is 4.74 Å². The summed E-state index contributed by atoms with van der Waals surface area (Å²) in [6.45, 7) is 3.58. The van der Waals surface area contributed by atoms with Crippen molar-refractivity contribution in [1.29, 1.82) is 0 Å². The second kappa shape index (κ2) is 7.30. The van der Waals surface area contributed by atoms with E-state index in [9.17, 15) is 0 Å². The molecule has 0 bridgehead atoms. The number of hydrogen-bond acceptors (Lipinski definition) is 3. The van der Waals surface area contributed by atoms with Gasteiger partial charge in [0.1, 0.15) is 0 Å². The number of rotatable bonds is 7. The van der Waals surface area contributed by atoms with Crippen LogP contribution in [0.4, 0.5) is 5.69 Å². The van der Waals surface area contributed by atoms with Crippen LogP contribution in [0.3, 0.4) is 0 Å². The van der Waals surface area contributed by atoms with Crippen LogP contribution < -0.4 is 10.6 Å². The summed E-state index contributed by atoms with van der Waals surface area (Å²) >= 11 is 0. The molecule has 3 nitrogen and oxygen atoms in total. The molecule has 0 fully saturated rings. The van der Waals surface area contributed by atoms with Gasteiger partial charge in [0.15, 0.2) is 0 Å². The highest BCUT2D eigenvalue weighted by atomic mass is 16.5. The maximum Gasteiger partial charge on any atom is 0.0666 e. The molecule has 0 radical (unpaired) electrons.